The van der Waals surface area contributed by atoms with Crippen LogP contribution in [0.5, 0.6) is 5.75 Å². The number of methoxy groups -OCH3 is 1. The van der Waals surface area contributed by atoms with E-state index < -0.39 is 4.92 Å². The number of hydrogen-bond donors (Lipinski definition) is 1. The van der Waals surface area contributed by atoms with E-state index in [2.05, 4.69) is 5.32 Å². The van der Waals surface area contributed by atoms with Gasteiger partial charge in [0.1, 0.15) is 11.4 Å². The highest BCUT2D eigenvalue weighted by atomic mass is 32.2. The molecule has 0 aromatic heterocycles. The SMILES string of the molecule is COc1ccc(NC(=O)CSc2cc(C)ccc2C)c([N+](=O)[O-])c1. The van der Waals surface area contributed by atoms with Crippen LogP contribution in [0, 0.1) is 24.0 Å². The van der Waals surface area contributed by atoms with Crippen LogP contribution < -0.4 is 10.1 Å². The van der Waals surface area contributed by atoms with E-state index in [9.17, 15) is 14.9 Å². The fourth-order valence-electron chi connectivity index (χ4n) is 2.09. The lowest BCUT2D eigenvalue weighted by atomic mass is 10.2. The molecule has 6 nitrogen and oxygen atoms in total. The fraction of sp³-hybridized carbons (Fsp3) is 0.235. The maximum Gasteiger partial charge on any atom is 0.296 e. The van der Waals surface area contributed by atoms with Crippen LogP contribution in [-0.4, -0.2) is 23.7 Å². The van der Waals surface area contributed by atoms with Crippen molar-refractivity contribution >= 4 is 29.0 Å². The van der Waals surface area contributed by atoms with Crippen molar-refractivity contribution in [2.75, 3.05) is 18.2 Å². The van der Waals surface area contributed by atoms with Crippen LogP contribution in [0.2, 0.25) is 0 Å². The number of thioether (sulfide) groups is 1. The molecule has 0 aliphatic heterocycles. The topological polar surface area (TPSA) is 81.5 Å². The minimum absolute atomic E-state index is 0.160. The molecule has 0 heterocycles. The van der Waals surface area contributed by atoms with E-state index in [-0.39, 0.29) is 23.0 Å². The molecule has 0 spiro atoms. The Bertz CT molecular complexity index is 777. The third kappa shape index (κ3) is 4.48. The number of rotatable bonds is 6. The number of nitro benzene ring substituents is 1. The predicted octanol–water partition coefficient (Wildman–Crippen LogP) is 3.95. The van der Waals surface area contributed by atoms with Gasteiger partial charge in [-0.2, -0.15) is 0 Å². The van der Waals surface area contributed by atoms with Gasteiger partial charge in [-0.3, -0.25) is 14.9 Å². The number of carbonyl (C=O) groups is 1. The Morgan fingerprint density at radius 1 is 1.25 bits per heavy atom. The summed E-state index contributed by atoms with van der Waals surface area (Å²) >= 11 is 1.40. The second kappa shape index (κ2) is 7.83. The predicted molar refractivity (Wildman–Crippen MR) is 94.9 cm³/mol. The summed E-state index contributed by atoms with van der Waals surface area (Å²) in [7, 11) is 1.43. The van der Waals surface area contributed by atoms with Crippen molar-refractivity contribution in [2.24, 2.45) is 0 Å². The number of benzene rings is 2. The van der Waals surface area contributed by atoms with E-state index in [1.807, 2.05) is 32.0 Å². The number of carbonyl (C=O) groups excluding carboxylic acids is 1. The van der Waals surface area contributed by atoms with Crippen LogP contribution in [-0.2, 0) is 4.79 Å². The minimum Gasteiger partial charge on any atom is -0.496 e. The fourth-order valence-corrected chi connectivity index (χ4v) is 3.01. The second-order valence-electron chi connectivity index (χ2n) is 5.25. The van der Waals surface area contributed by atoms with E-state index in [1.165, 1.54) is 31.0 Å². The number of anilines is 1. The van der Waals surface area contributed by atoms with Gasteiger partial charge in [-0.1, -0.05) is 17.7 Å². The van der Waals surface area contributed by atoms with Crippen molar-refractivity contribution < 1.29 is 14.5 Å². The maximum absolute atomic E-state index is 12.1. The van der Waals surface area contributed by atoms with Gasteiger partial charge in [0.2, 0.25) is 5.91 Å². The summed E-state index contributed by atoms with van der Waals surface area (Å²) < 4.78 is 4.97. The third-order valence-corrected chi connectivity index (χ3v) is 4.54. The van der Waals surface area contributed by atoms with Gasteiger partial charge in [-0.05, 0) is 37.6 Å². The molecule has 24 heavy (non-hydrogen) atoms. The van der Waals surface area contributed by atoms with Crippen LogP contribution in [0.25, 0.3) is 0 Å². The lowest BCUT2D eigenvalue weighted by molar-refractivity contribution is -0.384. The second-order valence-corrected chi connectivity index (χ2v) is 6.26. The molecule has 0 saturated heterocycles. The Morgan fingerprint density at radius 3 is 2.67 bits per heavy atom. The van der Waals surface area contributed by atoms with Gasteiger partial charge in [-0.15, -0.1) is 11.8 Å². The summed E-state index contributed by atoms with van der Waals surface area (Å²) in [6, 6.07) is 10.4. The monoisotopic (exact) mass is 346 g/mol. The molecule has 2 rings (SSSR count). The Labute approximate surface area is 144 Å². The first-order chi connectivity index (χ1) is 11.4. The number of aryl methyl sites for hydroxylation is 2. The molecule has 2 aromatic carbocycles. The summed E-state index contributed by atoms with van der Waals surface area (Å²) in [5.74, 6) is 0.242. The highest BCUT2D eigenvalue weighted by molar-refractivity contribution is 8.00. The molecule has 126 valence electrons. The van der Waals surface area contributed by atoms with Crippen molar-refractivity contribution in [3.8, 4) is 5.75 Å². The lowest BCUT2D eigenvalue weighted by Crippen LogP contribution is -2.15. The smallest absolute Gasteiger partial charge is 0.296 e. The first-order valence-electron chi connectivity index (χ1n) is 7.23. The molecule has 0 unspecified atom stereocenters. The molecule has 0 bridgehead atoms. The molecule has 0 atom stereocenters. The zero-order valence-corrected chi connectivity index (χ0v) is 14.5. The Morgan fingerprint density at radius 2 is 2.00 bits per heavy atom. The van der Waals surface area contributed by atoms with E-state index in [0.717, 1.165) is 16.0 Å². The standard InChI is InChI=1S/C17H18N2O4S/c1-11-4-5-12(2)16(8-11)24-10-17(20)18-14-7-6-13(23-3)9-15(14)19(21)22/h4-9H,10H2,1-3H3,(H,18,20). The van der Waals surface area contributed by atoms with Gasteiger partial charge in [0.05, 0.1) is 23.9 Å². The first-order valence-corrected chi connectivity index (χ1v) is 8.21. The number of ether oxygens (including phenoxy) is 1. The summed E-state index contributed by atoms with van der Waals surface area (Å²) in [6.07, 6.45) is 0. The van der Waals surface area contributed by atoms with E-state index in [1.54, 1.807) is 6.07 Å². The maximum atomic E-state index is 12.1. The van der Waals surface area contributed by atoms with Gasteiger partial charge < -0.3 is 10.1 Å². The summed E-state index contributed by atoms with van der Waals surface area (Å²) in [4.78, 5) is 23.7. The van der Waals surface area contributed by atoms with Crippen LogP contribution in [0.4, 0.5) is 11.4 Å². The summed E-state index contributed by atoms with van der Waals surface area (Å²) in [6.45, 7) is 3.97. The molecule has 0 aliphatic rings. The van der Waals surface area contributed by atoms with Gasteiger partial charge >= 0.3 is 0 Å². The summed E-state index contributed by atoms with van der Waals surface area (Å²) in [5, 5.41) is 13.7. The van der Waals surface area contributed by atoms with Gasteiger partial charge in [0.25, 0.3) is 5.69 Å². The zero-order chi connectivity index (χ0) is 17.7. The number of nitro groups is 1. The van der Waals surface area contributed by atoms with Crippen molar-refractivity contribution in [3.63, 3.8) is 0 Å². The van der Waals surface area contributed by atoms with Crippen LogP contribution >= 0.6 is 11.8 Å². The largest absolute Gasteiger partial charge is 0.496 e. The quantitative estimate of drug-likeness (QED) is 0.486. The van der Waals surface area contributed by atoms with Crippen molar-refractivity contribution in [1.82, 2.24) is 0 Å². The lowest BCUT2D eigenvalue weighted by Gasteiger charge is -2.09. The number of nitrogens with zero attached hydrogens (tertiary/aromatic N) is 1. The molecular formula is C17H18N2O4S. The van der Waals surface area contributed by atoms with Crippen molar-refractivity contribution in [3.05, 3.63) is 57.6 Å². The van der Waals surface area contributed by atoms with Crippen LogP contribution in [0.3, 0.4) is 0 Å². The van der Waals surface area contributed by atoms with Crippen LogP contribution in [0.1, 0.15) is 11.1 Å². The highest BCUT2D eigenvalue weighted by Gasteiger charge is 2.17. The molecule has 2 aromatic rings. The van der Waals surface area contributed by atoms with Crippen LogP contribution in [0.15, 0.2) is 41.3 Å². The Kier molecular flexibility index (Phi) is 5.81. The number of nitrogens with one attached hydrogen (secondary N) is 1. The Balaban J connectivity index is 2.07. The number of hydrogen-bond acceptors (Lipinski definition) is 5. The van der Waals surface area contributed by atoms with Gasteiger partial charge in [-0.25, -0.2) is 0 Å². The van der Waals surface area contributed by atoms with E-state index in [4.69, 9.17) is 4.74 Å². The van der Waals surface area contributed by atoms with E-state index >= 15 is 0 Å². The average molecular weight is 346 g/mol. The van der Waals surface area contributed by atoms with Gasteiger partial charge in [0.15, 0.2) is 0 Å². The first kappa shape index (κ1) is 17.8. The van der Waals surface area contributed by atoms with Crippen molar-refractivity contribution in [1.29, 1.82) is 0 Å². The Hall–Kier alpha value is -2.54. The molecule has 0 fully saturated rings. The molecule has 0 radical (unpaired) electrons. The molecule has 1 amide bonds. The minimum atomic E-state index is -0.546. The molecule has 0 aliphatic carbocycles. The number of amides is 1. The third-order valence-electron chi connectivity index (χ3n) is 3.38. The molecule has 1 N–H and O–H groups in total. The van der Waals surface area contributed by atoms with Gasteiger partial charge in [0, 0.05) is 4.90 Å². The summed E-state index contributed by atoms with van der Waals surface area (Å²) in [5.41, 5.74) is 2.18. The normalized spacial score (nSPS) is 10.3. The molecule has 7 heteroatoms. The van der Waals surface area contributed by atoms with Crippen molar-refractivity contribution in [2.45, 2.75) is 18.7 Å². The highest BCUT2D eigenvalue weighted by Crippen LogP contribution is 2.29. The van der Waals surface area contributed by atoms with E-state index in [0.29, 0.717) is 5.75 Å². The molecule has 0 saturated carbocycles. The zero-order valence-electron chi connectivity index (χ0n) is 13.7. The molecular weight excluding hydrogens is 328 g/mol. The average Bonchev–Trinajstić information content (AvgIpc) is 2.55.